The Morgan fingerprint density at radius 1 is 1.17 bits per heavy atom. The van der Waals surface area contributed by atoms with Gasteiger partial charge in [-0.15, -0.1) is 5.10 Å². The quantitative estimate of drug-likeness (QED) is 0.804. The molecule has 0 fully saturated rings. The molecule has 1 N–H and O–H groups in total. The van der Waals surface area contributed by atoms with Crippen molar-refractivity contribution in [2.45, 2.75) is 20.3 Å². The van der Waals surface area contributed by atoms with Crippen LogP contribution in [0, 0.1) is 6.92 Å². The first-order chi connectivity index (χ1) is 11.2. The second-order valence-corrected chi connectivity index (χ2v) is 5.15. The summed E-state index contributed by atoms with van der Waals surface area (Å²) in [5.41, 5.74) is 3.22. The van der Waals surface area contributed by atoms with Gasteiger partial charge in [0.25, 0.3) is 5.91 Å². The lowest BCUT2D eigenvalue weighted by atomic mass is 10.0. The largest absolute Gasteiger partial charge is 0.322 e. The molecule has 1 amide bonds. The highest BCUT2D eigenvalue weighted by molar-refractivity contribution is 6.05. The second kappa shape index (κ2) is 6.39. The zero-order valence-corrected chi connectivity index (χ0v) is 13.0. The fourth-order valence-electron chi connectivity index (χ4n) is 2.43. The summed E-state index contributed by atoms with van der Waals surface area (Å²) in [5, 5.41) is 14.4. The Morgan fingerprint density at radius 2 is 2.00 bits per heavy atom. The third-order valence-corrected chi connectivity index (χ3v) is 3.62. The van der Waals surface area contributed by atoms with Crippen molar-refractivity contribution in [3.63, 3.8) is 0 Å². The fourth-order valence-corrected chi connectivity index (χ4v) is 2.43. The van der Waals surface area contributed by atoms with E-state index in [0.717, 1.165) is 17.7 Å². The molecular weight excluding hydrogens is 290 g/mol. The standard InChI is InChI=1S/C17H17N5O/c1-3-13-7-4-5-10-16(13)17(23)18-14-8-6-9-15(11-14)22-12(2)19-20-21-22/h4-11H,3H2,1-2H3,(H,18,23). The Morgan fingerprint density at radius 3 is 2.74 bits per heavy atom. The molecule has 1 aromatic heterocycles. The number of hydrogen-bond donors (Lipinski definition) is 1. The number of carbonyl (C=O) groups is 1. The van der Waals surface area contributed by atoms with Crippen LogP contribution in [0.5, 0.6) is 0 Å². The third-order valence-electron chi connectivity index (χ3n) is 3.62. The first kappa shape index (κ1) is 14.9. The van der Waals surface area contributed by atoms with Gasteiger partial charge in [-0.05, 0) is 53.6 Å². The predicted molar refractivity (Wildman–Crippen MR) is 87.7 cm³/mol. The lowest BCUT2D eigenvalue weighted by Gasteiger charge is -2.10. The van der Waals surface area contributed by atoms with E-state index in [1.54, 1.807) is 4.68 Å². The van der Waals surface area contributed by atoms with Crippen LogP contribution in [-0.2, 0) is 6.42 Å². The molecule has 2 aromatic carbocycles. The summed E-state index contributed by atoms with van der Waals surface area (Å²) in [6, 6.07) is 15.0. The zero-order chi connectivity index (χ0) is 16.2. The normalized spacial score (nSPS) is 10.5. The monoisotopic (exact) mass is 307 g/mol. The molecule has 0 saturated carbocycles. The molecule has 23 heavy (non-hydrogen) atoms. The molecule has 116 valence electrons. The molecular formula is C17H17N5O. The van der Waals surface area contributed by atoms with E-state index in [1.807, 2.05) is 62.4 Å². The first-order valence-corrected chi connectivity index (χ1v) is 7.43. The van der Waals surface area contributed by atoms with Crippen LogP contribution in [0.3, 0.4) is 0 Å². The summed E-state index contributed by atoms with van der Waals surface area (Å²) in [6.07, 6.45) is 0.813. The average molecular weight is 307 g/mol. The Labute approximate surface area is 134 Å². The van der Waals surface area contributed by atoms with Gasteiger partial charge in [0, 0.05) is 11.3 Å². The van der Waals surface area contributed by atoms with E-state index in [2.05, 4.69) is 20.8 Å². The molecule has 3 aromatic rings. The molecule has 1 heterocycles. The number of nitrogens with one attached hydrogen (secondary N) is 1. The van der Waals surface area contributed by atoms with E-state index >= 15 is 0 Å². The molecule has 0 atom stereocenters. The molecule has 6 nitrogen and oxygen atoms in total. The Bertz CT molecular complexity index is 840. The molecule has 0 aliphatic rings. The average Bonchev–Trinajstić information content (AvgIpc) is 3.01. The van der Waals surface area contributed by atoms with Gasteiger partial charge >= 0.3 is 0 Å². The number of aromatic nitrogens is 4. The topological polar surface area (TPSA) is 72.7 Å². The summed E-state index contributed by atoms with van der Waals surface area (Å²) in [4.78, 5) is 12.5. The minimum Gasteiger partial charge on any atom is -0.322 e. The summed E-state index contributed by atoms with van der Waals surface area (Å²) in [6.45, 7) is 3.86. The van der Waals surface area contributed by atoms with Crippen molar-refractivity contribution in [3.8, 4) is 5.69 Å². The van der Waals surface area contributed by atoms with Crippen molar-refractivity contribution in [3.05, 3.63) is 65.5 Å². The molecule has 3 rings (SSSR count). The van der Waals surface area contributed by atoms with E-state index in [1.165, 1.54) is 0 Å². The Balaban J connectivity index is 1.86. The Hall–Kier alpha value is -3.02. The molecule has 0 aliphatic heterocycles. The molecule has 0 spiro atoms. The summed E-state index contributed by atoms with van der Waals surface area (Å²) >= 11 is 0. The maximum Gasteiger partial charge on any atom is 0.255 e. The molecule has 0 unspecified atom stereocenters. The highest BCUT2D eigenvalue weighted by Crippen LogP contribution is 2.17. The SMILES string of the molecule is CCc1ccccc1C(=O)Nc1cccc(-n2nnnc2C)c1. The minimum absolute atomic E-state index is 0.118. The number of aryl methyl sites for hydroxylation is 2. The van der Waals surface area contributed by atoms with Gasteiger partial charge in [-0.25, -0.2) is 0 Å². The van der Waals surface area contributed by atoms with Gasteiger partial charge in [0.15, 0.2) is 5.82 Å². The van der Waals surface area contributed by atoms with Crippen LogP contribution < -0.4 is 5.32 Å². The van der Waals surface area contributed by atoms with Crippen LogP contribution >= 0.6 is 0 Å². The molecule has 6 heteroatoms. The third kappa shape index (κ3) is 3.11. The van der Waals surface area contributed by atoms with Crippen molar-refractivity contribution < 1.29 is 4.79 Å². The van der Waals surface area contributed by atoms with Crippen LogP contribution in [0.25, 0.3) is 5.69 Å². The number of anilines is 1. The second-order valence-electron chi connectivity index (χ2n) is 5.15. The van der Waals surface area contributed by atoms with Crippen LogP contribution in [0.2, 0.25) is 0 Å². The minimum atomic E-state index is -0.118. The molecule has 0 saturated heterocycles. The predicted octanol–water partition coefficient (Wildman–Crippen LogP) is 2.79. The van der Waals surface area contributed by atoms with Crippen LogP contribution in [0.1, 0.15) is 28.7 Å². The van der Waals surface area contributed by atoms with Crippen LogP contribution in [0.15, 0.2) is 48.5 Å². The number of nitrogens with zero attached hydrogens (tertiary/aromatic N) is 4. The first-order valence-electron chi connectivity index (χ1n) is 7.43. The zero-order valence-electron chi connectivity index (χ0n) is 13.0. The van der Waals surface area contributed by atoms with Gasteiger partial charge in [-0.2, -0.15) is 4.68 Å². The van der Waals surface area contributed by atoms with Crippen LogP contribution in [-0.4, -0.2) is 26.1 Å². The number of amides is 1. The number of rotatable bonds is 4. The van der Waals surface area contributed by atoms with E-state index in [4.69, 9.17) is 0 Å². The molecule has 0 bridgehead atoms. The van der Waals surface area contributed by atoms with E-state index < -0.39 is 0 Å². The van der Waals surface area contributed by atoms with Crippen molar-refractivity contribution in [2.24, 2.45) is 0 Å². The van der Waals surface area contributed by atoms with Crippen molar-refractivity contribution >= 4 is 11.6 Å². The van der Waals surface area contributed by atoms with Crippen molar-refractivity contribution in [1.29, 1.82) is 0 Å². The van der Waals surface area contributed by atoms with Gasteiger partial charge in [0.2, 0.25) is 0 Å². The molecule has 0 radical (unpaired) electrons. The number of hydrogen-bond acceptors (Lipinski definition) is 4. The number of tetrazole rings is 1. The molecule has 0 aliphatic carbocycles. The highest BCUT2D eigenvalue weighted by Gasteiger charge is 2.11. The summed E-state index contributed by atoms with van der Waals surface area (Å²) in [7, 11) is 0. The van der Waals surface area contributed by atoms with Gasteiger partial charge in [-0.3, -0.25) is 4.79 Å². The smallest absolute Gasteiger partial charge is 0.255 e. The van der Waals surface area contributed by atoms with Gasteiger partial charge in [0.05, 0.1) is 5.69 Å². The maximum absolute atomic E-state index is 12.5. The summed E-state index contributed by atoms with van der Waals surface area (Å²) in [5.74, 6) is 0.567. The lowest BCUT2D eigenvalue weighted by Crippen LogP contribution is -2.14. The van der Waals surface area contributed by atoms with Gasteiger partial charge in [0.1, 0.15) is 0 Å². The number of carbonyl (C=O) groups excluding carboxylic acids is 1. The number of benzene rings is 2. The van der Waals surface area contributed by atoms with Gasteiger partial charge < -0.3 is 5.32 Å². The van der Waals surface area contributed by atoms with Crippen molar-refractivity contribution in [1.82, 2.24) is 20.2 Å². The van der Waals surface area contributed by atoms with E-state index in [-0.39, 0.29) is 5.91 Å². The van der Waals surface area contributed by atoms with E-state index in [0.29, 0.717) is 17.1 Å². The van der Waals surface area contributed by atoms with Crippen molar-refractivity contribution in [2.75, 3.05) is 5.32 Å². The van der Waals surface area contributed by atoms with Crippen LogP contribution in [0.4, 0.5) is 5.69 Å². The maximum atomic E-state index is 12.5. The van der Waals surface area contributed by atoms with E-state index in [9.17, 15) is 4.79 Å². The van der Waals surface area contributed by atoms with Gasteiger partial charge in [-0.1, -0.05) is 31.2 Å². The fraction of sp³-hybridized carbons (Fsp3) is 0.176. The lowest BCUT2D eigenvalue weighted by molar-refractivity contribution is 0.102. The Kier molecular flexibility index (Phi) is 4.14. The highest BCUT2D eigenvalue weighted by atomic mass is 16.1. The summed E-state index contributed by atoms with van der Waals surface area (Å²) < 4.78 is 1.62.